The van der Waals surface area contributed by atoms with Crippen LogP contribution in [0, 0.1) is 0 Å². The summed E-state index contributed by atoms with van der Waals surface area (Å²) in [6.45, 7) is 4.56. The number of cyclic esters (lactones) is 1. The van der Waals surface area contributed by atoms with Crippen molar-refractivity contribution in [2.45, 2.75) is 24.3 Å². The Labute approximate surface area is 202 Å². The number of hydrogen-bond acceptors (Lipinski definition) is 7. The number of fused-ring (bicyclic) bond motifs is 1. The second-order valence-electron chi connectivity index (χ2n) is 8.52. The third kappa shape index (κ3) is 4.71. The van der Waals surface area contributed by atoms with Crippen molar-refractivity contribution in [3.8, 4) is 5.69 Å². The van der Waals surface area contributed by atoms with E-state index in [4.69, 9.17) is 4.74 Å². The molecule has 2 aliphatic rings. The lowest BCUT2D eigenvalue weighted by molar-refractivity contribution is -0.132. The van der Waals surface area contributed by atoms with Crippen molar-refractivity contribution in [2.24, 2.45) is 0 Å². The number of esters is 1. The zero-order valence-corrected chi connectivity index (χ0v) is 20.0. The van der Waals surface area contributed by atoms with E-state index in [0.29, 0.717) is 18.6 Å². The van der Waals surface area contributed by atoms with Gasteiger partial charge in [0.05, 0.1) is 17.7 Å². The molecule has 0 bridgehead atoms. The quantitative estimate of drug-likeness (QED) is 0.382. The molecule has 5 rings (SSSR count). The van der Waals surface area contributed by atoms with Crippen LogP contribution < -0.4 is 0 Å². The Kier molecular flexibility index (Phi) is 6.64. The van der Waals surface area contributed by atoms with Gasteiger partial charge in [0.15, 0.2) is 0 Å². The largest absolute Gasteiger partial charge is 0.457 e. The molecular weight excluding hydrogens is 450 g/mol. The number of nitrogens with zero attached hydrogens (tertiary/aromatic N) is 5. The first kappa shape index (κ1) is 22.6. The maximum Gasteiger partial charge on any atom is 0.338 e. The molecule has 2 aliphatic heterocycles. The van der Waals surface area contributed by atoms with Crippen LogP contribution in [-0.2, 0) is 29.0 Å². The van der Waals surface area contributed by atoms with Gasteiger partial charge in [0, 0.05) is 43.2 Å². The van der Waals surface area contributed by atoms with Crippen LogP contribution >= 0.6 is 11.8 Å². The van der Waals surface area contributed by atoms with Gasteiger partial charge in [-0.2, -0.15) is 5.10 Å². The van der Waals surface area contributed by atoms with Crippen molar-refractivity contribution < 1.29 is 14.3 Å². The molecular formula is C25H27N5O3S. The molecule has 176 valence electrons. The van der Waals surface area contributed by atoms with E-state index in [1.165, 1.54) is 16.8 Å². The van der Waals surface area contributed by atoms with Crippen molar-refractivity contribution >= 4 is 23.6 Å². The SMILES string of the molecule is CSc1c(CCN2CCN(C(=O)Cc3ccc(-n4cncn4)cc3)CC2)ccc2c1COC2=O. The molecule has 1 amide bonds. The van der Waals surface area contributed by atoms with Crippen LogP contribution in [0.15, 0.2) is 53.9 Å². The summed E-state index contributed by atoms with van der Waals surface area (Å²) in [6, 6.07) is 11.8. The maximum atomic E-state index is 12.8. The first-order valence-electron chi connectivity index (χ1n) is 11.4. The second-order valence-corrected chi connectivity index (χ2v) is 9.33. The lowest BCUT2D eigenvalue weighted by atomic mass is 10.0. The molecule has 0 radical (unpaired) electrons. The topological polar surface area (TPSA) is 80.6 Å². The molecule has 9 heteroatoms. The minimum absolute atomic E-state index is 0.168. The smallest absolute Gasteiger partial charge is 0.338 e. The minimum Gasteiger partial charge on any atom is -0.457 e. The van der Waals surface area contributed by atoms with E-state index < -0.39 is 0 Å². The maximum absolute atomic E-state index is 12.8. The van der Waals surface area contributed by atoms with Gasteiger partial charge in [-0.05, 0) is 42.0 Å². The number of rotatable bonds is 7. The van der Waals surface area contributed by atoms with Crippen LogP contribution in [0.5, 0.6) is 0 Å². The summed E-state index contributed by atoms with van der Waals surface area (Å²) in [5.41, 5.74) is 4.92. The molecule has 8 nitrogen and oxygen atoms in total. The van der Waals surface area contributed by atoms with Gasteiger partial charge in [0.2, 0.25) is 5.91 Å². The minimum atomic E-state index is -0.219. The fourth-order valence-electron chi connectivity index (χ4n) is 4.57. The molecule has 1 aromatic heterocycles. The summed E-state index contributed by atoms with van der Waals surface area (Å²) >= 11 is 1.68. The molecule has 0 aliphatic carbocycles. The molecule has 0 saturated carbocycles. The van der Waals surface area contributed by atoms with Gasteiger partial charge in [-0.15, -0.1) is 11.8 Å². The van der Waals surface area contributed by atoms with Gasteiger partial charge < -0.3 is 9.64 Å². The van der Waals surface area contributed by atoms with Crippen LogP contribution in [0.2, 0.25) is 0 Å². The highest BCUT2D eigenvalue weighted by molar-refractivity contribution is 7.98. The van der Waals surface area contributed by atoms with Crippen molar-refractivity contribution in [1.82, 2.24) is 24.6 Å². The number of piperazine rings is 1. The zero-order chi connectivity index (χ0) is 23.5. The van der Waals surface area contributed by atoms with E-state index in [0.717, 1.165) is 56.0 Å². The van der Waals surface area contributed by atoms with Crippen LogP contribution in [-0.4, -0.2) is 75.4 Å². The Morgan fingerprint density at radius 2 is 1.88 bits per heavy atom. The van der Waals surface area contributed by atoms with E-state index in [1.54, 1.807) is 22.8 Å². The van der Waals surface area contributed by atoms with Crippen LogP contribution in [0.1, 0.15) is 27.0 Å². The summed E-state index contributed by atoms with van der Waals surface area (Å²) in [5.74, 6) is -0.0510. The molecule has 1 fully saturated rings. The second kappa shape index (κ2) is 9.99. The van der Waals surface area contributed by atoms with Gasteiger partial charge in [-0.3, -0.25) is 9.69 Å². The molecule has 1 saturated heterocycles. The van der Waals surface area contributed by atoms with Gasteiger partial charge in [-0.1, -0.05) is 18.2 Å². The monoisotopic (exact) mass is 477 g/mol. The average Bonchev–Trinajstić information content (AvgIpc) is 3.54. The fourth-order valence-corrected chi connectivity index (χ4v) is 5.42. The zero-order valence-electron chi connectivity index (χ0n) is 19.1. The Balaban J connectivity index is 1.11. The van der Waals surface area contributed by atoms with Crippen LogP contribution in [0.3, 0.4) is 0 Å². The molecule has 0 atom stereocenters. The first-order chi connectivity index (χ1) is 16.6. The van der Waals surface area contributed by atoms with E-state index in [1.807, 2.05) is 35.2 Å². The number of thioether (sulfide) groups is 1. The third-order valence-corrected chi connectivity index (χ3v) is 7.43. The van der Waals surface area contributed by atoms with Gasteiger partial charge in [0.1, 0.15) is 19.3 Å². The molecule has 0 spiro atoms. The number of aromatic nitrogens is 3. The highest BCUT2D eigenvalue weighted by atomic mass is 32.2. The highest BCUT2D eigenvalue weighted by Crippen LogP contribution is 2.33. The highest BCUT2D eigenvalue weighted by Gasteiger charge is 2.26. The summed E-state index contributed by atoms with van der Waals surface area (Å²) in [6.07, 6.45) is 6.53. The fraction of sp³-hybridized carbons (Fsp3) is 0.360. The number of hydrogen-bond donors (Lipinski definition) is 0. The Hall–Kier alpha value is -3.17. The normalized spacial score (nSPS) is 15.9. The predicted molar refractivity (Wildman–Crippen MR) is 129 cm³/mol. The van der Waals surface area contributed by atoms with Crippen molar-refractivity contribution in [3.63, 3.8) is 0 Å². The van der Waals surface area contributed by atoms with E-state index >= 15 is 0 Å². The number of carbonyl (C=O) groups excluding carboxylic acids is 2. The van der Waals surface area contributed by atoms with Crippen LogP contribution in [0.4, 0.5) is 0 Å². The number of benzene rings is 2. The summed E-state index contributed by atoms with van der Waals surface area (Å²) in [4.78, 5) is 34.2. The van der Waals surface area contributed by atoms with Crippen molar-refractivity contribution in [1.29, 1.82) is 0 Å². The Bertz CT molecular complexity index is 1170. The molecule has 0 N–H and O–H groups in total. The molecule has 34 heavy (non-hydrogen) atoms. The van der Waals surface area contributed by atoms with Gasteiger partial charge in [0.25, 0.3) is 0 Å². The van der Waals surface area contributed by atoms with Crippen molar-refractivity contribution in [3.05, 3.63) is 71.3 Å². The third-order valence-electron chi connectivity index (χ3n) is 6.51. The number of carbonyl (C=O) groups is 2. The van der Waals surface area contributed by atoms with Crippen molar-refractivity contribution in [2.75, 3.05) is 39.0 Å². The number of amides is 1. The lowest BCUT2D eigenvalue weighted by Crippen LogP contribution is -2.49. The standard InChI is InChI=1S/C25H27N5O3S/c1-34-24-19(4-7-21-22(24)15-33-25(21)32)8-9-28-10-12-29(13-11-28)23(31)14-18-2-5-20(6-3-18)30-17-26-16-27-30/h2-7,16-17H,8-15H2,1H3. The molecule has 0 unspecified atom stereocenters. The lowest BCUT2D eigenvalue weighted by Gasteiger charge is -2.35. The van der Waals surface area contributed by atoms with E-state index in [-0.39, 0.29) is 11.9 Å². The summed E-state index contributed by atoms with van der Waals surface area (Å²) in [7, 11) is 0. The van der Waals surface area contributed by atoms with Gasteiger partial charge >= 0.3 is 5.97 Å². The molecule has 2 aromatic carbocycles. The van der Waals surface area contributed by atoms with E-state index in [2.05, 4.69) is 27.3 Å². The summed E-state index contributed by atoms with van der Waals surface area (Å²) < 4.78 is 6.91. The van der Waals surface area contributed by atoms with Gasteiger partial charge in [-0.25, -0.2) is 14.5 Å². The number of ether oxygens (including phenoxy) is 1. The predicted octanol–water partition coefficient (Wildman–Crippen LogP) is 2.59. The Morgan fingerprint density at radius 3 is 2.59 bits per heavy atom. The first-order valence-corrected chi connectivity index (χ1v) is 12.6. The summed E-state index contributed by atoms with van der Waals surface area (Å²) in [5, 5.41) is 4.13. The molecule has 3 aromatic rings. The van der Waals surface area contributed by atoms with Crippen LogP contribution in [0.25, 0.3) is 5.69 Å². The average molecular weight is 478 g/mol. The Morgan fingerprint density at radius 1 is 1.09 bits per heavy atom. The molecule has 3 heterocycles. The van der Waals surface area contributed by atoms with E-state index in [9.17, 15) is 9.59 Å².